The summed E-state index contributed by atoms with van der Waals surface area (Å²) in [6.45, 7) is 6.17. The summed E-state index contributed by atoms with van der Waals surface area (Å²) in [6, 6.07) is 13.2. The number of aromatic nitrogens is 5. The first-order chi connectivity index (χ1) is 36.1. The van der Waals surface area contributed by atoms with Crippen LogP contribution in [0.25, 0.3) is 16.9 Å². The number of pyridine rings is 1. The SMILES string of the molecule is CCc1nccn1-c1ccncc1CC(=O)c1nc(-c2ccc(CCNC(=O)OCc3ccc(NC(=O)[C@H](CCCNC(N)=O)NC(=O)[C@@H](NC(=O)CCCCCN4C(=O)C=CC4=O)C(C)C)cc3)cc2)cnc1N. The standard InChI is InChI=1S/C53H63N13O9/c1-4-43-57-26-28-65(43)41-22-24-56-30-37(41)29-42(67)48-49(54)60-31-40(62-48)36-15-11-34(12-16-36)21-25-59-53(74)75-32-35-13-17-38(18-14-35)61-50(71)39(9-8-23-58-52(55)73)63-51(72)47(33(2)3)64-44(68)10-6-5-7-27-66-45(69)19-20-46(66)70/h11-20,22,24,26,28,30-31,33,39,47H,4-10,21,23,25,27,29,32H2,1-3H3,(H2,54,60)(H,59,74)(H,61,71)(H,63,72)(H,64,68)(H3,55,58,73)/t39-,47-/m0/s1. The van der Waals surface area contributed by atoms with Gasteiger partial charge < -0.3 is 47.4 Å². The molecule has 22 heteroatoms. The molecule has 4 heterocycles. The summed E-state index contributed by atoms with van der Waals surface area (Å²) in [5, 5.41) is 13.5. The minimum atomic E-state index is -1.05. The van der Waals surface area contributed by atoms with Gasteiger partial charge in [-0.15, -0.1) is 0 Å². The van der Waals surface area contributed by atoms with Crippen LogP contribution in [0.3, 0.4) is 0 Å². The van der Waals surface area contributed by atoms with Crippen molar-refractivity contribution in [3.05, 3.63) is 126 Å². The lowest BCUT2D eigenvalue weighted by Gasteiger charge is -2.25. The van der Waals surface area contributed by atoms with Crippen LogP contribution >= 0.6 is 0 Å². The Labute approximate surface area is 433 Å². The number of nitrogens with one attached hydrogen (secondary N) is 5. The molecule has 0 fully saturated rings. The fraction of sp³-hybridized carbons (Fsp3) is 0.358. The highest BCUT2D eigenvalue weighted by atomic mass is 16.5. The van der Waals surface area contributed by atoms with Crippen LogP contribution in [0.15, 0.2) is 97.7 Å². The van der Waals surface area contributed by atoms with Gasteiger partial charge in [0, 0.05) is 92.7 Å². The molecule has 0 saturated heterocycles. The van der Waals surface area contributed by atoms with Crippen LogP contribution in [0.1, 0.15) is 92.3 Å². The lowest BCUT2D eigenvalue weighted by atomic mass is 10.0. The smallest absolute Gasteiger partial charge is 0.407 e. The molecule has 75 heavy (non-hydrogen) atoms. The largest absolute Gasteiger partial charge is 0.445 e. The van der Waals surface area contributed by atoms with Crippen LogP contribution in [0.4, 0.5) is 21.1 Å². The van der Waals surface area contributed by atoms with Crippen molar-refractivity contribution in [2.75, 3.05) is 30.7 Å². The number of nitrogens with zero attached hydrogens (tertiary/aromatic N) is 6. The van der Waals surface area contributed by atoms with E-state index in [-0.39, 0.29) is 86.4 Å². The van der Waals surface area contributed by atoms with E-state index < -0.39 is 36.0 Å². The molecule has 1 aliphatic heterocycles. The summed E-state index contributed by atoms with van der Waals surface area (Å²) in [7, 11) is 0. The Morgan fingerprint density at radius 3 is 2.23 bits per heavy atom. The number of amides is 8. The number of nitrogens with two attached hydrogens (primary N) is 2. The first-order valence-electron chi connectivity index (χ1n) is 24.8. The van der Waals surface area contributed by atoms with E-state index >= 15 is 0 Å². The number of Topliss-reactive ketones (excluding diaryl/α,β-unsaturated/α-hetero) is 1. The Hall–Kier alpha value is -8.82. The Balaban J connectivity index is 0.939. The van der Waals surface area contributed by atoms with Gasteiger partial charge in [-0.25, -0.2) is 24.5 Å². The van der Waals surface area contributed by atoms with Gasteiger partial charge >= 0.3 is 12.1 Å². The maximum Gasteiger partial charge on any atom is 0.407 e. The molecule has 0 unspecified atom stereocenters. The van der Waals surface area contributed by atoms with E-state index in [1.165, 1.54) is 18.3 Å². The van der Waals surface area contributed by atoms with E-state index in [4.69, 9.17) is 16.2 Å². The van der Waals surface area contributed by atoms with Gasteiger partial charge in [0.1, 0.15) is 30.2 Å². The minimum absolute atomic E-state index is 0.00607. The van der Waals surface area contributed by atoms with E-state index in [2.05, 4.69) is 46.5 Å². The maximum atomic E-state index is 13.6. The molecular weight excluding hydrogens is 963 g/mol. The number of unbranched alkanes of at least 4 members (excludes halogenated alkanes) is 2. The maximum absolute atomic E-state index is 13.6. The molecule has 0 spiro atoms. The Morgan fingerprint density at radius 1 is 0.787 bits per heavy atom. The lowest BCUT2D eigenvalue weighted by Crippen LogP contribution is -2.54. The van der Waals surface area contributed by atoms with Crippen molar-refractivity contribution in [3.8, 4) is 16.9 Å². The Bertz CT molecular complexity index is 2850. The number of aryl methyl sites for hydroxylation is 1. The summed E-state index contributed by atoms with van der Waals surface area (Å²) in [5.41, 5.74) is 16.1. The molecule has 0 aliphatic carbocycles. The number of hydrogen-bond acceptors (Lipinski definition) is 14. The van der Waals surface area contributed by atoms with Gasteiger partial charge in [-0.3, -0.25) is 38.7 Å². The normalized spacial score (nSPS) is 12.8. The van der Waals surface area contributed by atoms with E-state index in [1.54, 1.807) is 56.7 Å². The van der Waals surface area contributed by atoms with Gasteiger partial charge in [0.15, 0.2) is 11.6 Å². The van der Waals surface area contributed by atoms with Gasteiger partial charge in [-0.05, 0) is 67.3 Å². The fourth-order valence-corrected chi connectivity index (χ4v) is 8.08. The second-order valence-electron chi connectivity index (χ2n) is 18.1. The van der Waals surface area contributed by atoms with Gasteiger partial charge in [0.25, 0.3) is 11.8 Å². The number of primary amides is 1. The fourth-order valence-electron chi connectivity index (χ4n) is 8.08. The van der Waals surface area contributed by atoms with Crippen molar-refractivity contribution in [1.29, 1.82) is 0 Å². The van der Waals surface area contributed by atoms with Crippen LogP contribution < -0.4 is 38.1 Å². The number of carbonyl (C=O) groups is 8. The van der Waals surface area contributed by atoms with Crippen molar-refractivity contribution in [1.82, 2.24) is 50.7 Å². The highest BCUT2D eigenvalue weighted by Gasteiger charge is 2.29. The third-order valence-corrected chi connectivity index (χ3v) is 12.2. The summed E-state index contributed by atoms with van der Waals surface area (Å²) >= 11 is 0. The number of nitrogen functional groups attached to an aromatic ring is 1. The second-order valence-corrected chi connectivity index (χ2v) is 18.1. The van der Waals surface area contributed by atoms with Gasteiger partial charge in [-0.2, -0.15) is 0 Å². The number of rotatable bonds is 27. The Morgan fingerprint density at radius 2 is 1.52 bits per heavy atom. The van der Waals surface area contributed by atoms with Crippen LogP contribution in [0.5, 0.6) is 0 Å². The topological polar surface area (TPSA) is 318 Å². The molecule has 5 aromatic rings. The van der Waals surface area contributed by atoms with Crippen molar-refractivity contribution in [3.63, 3.8) is 0 Å². The first-order valence-corrected chi connectivity index (χ1v) is 24.8. The molecule has 8 amide bonds. The number of anilines is 2. The molecule has 0 bridgehead atoms. The first kappa shape index (κ1) is 55.5. The van der Waals surface area contributed by atoms with E-state index in [1.807, 2.05) is 48.0 Å². The number of carbonyl (C=O) groups excluding carboxylic acids is 8. The van der Waals surface area contributed by atoms with Crippen LogP contribution in [-0.4, -0.2) is 109 Å². The molecule has 1 aliphatic rings. The number of urea groups is 1. The van der Waals surface area contributed by atoms with Crippen LogP contribution in [0, 0.1) is 5.92 Å². The highest BCUT2D eigenvalue weighted by molar-refractivity contribution is 6.12. The number of imidazole rings is 1. The zero-order valence-corrected chi connectivity index (χ0v) is 42.2. The molecule has 2 aromatic carbocycles. The zero-order chi connectivity index (χ0) is 53.9. The molecule has 22 nitrogen and oxygen atoms in total. The van der Waals surface area contributed by atoms with E-state index in [0.717, 1.165) is 27.5 Å². The molecule has 2 atom stereocenters. The zero-order valence-electron chi connectivity index (χ0n) is 42.2. The molecule has 3 aromatic heterocycles. The third-order valence-electron chi connectivity index (χ3n) is 12.2. The number of hydrogen-bond donors (Lipinski definition) is 7. The average Bonchev–Trinajstić information content (AvgIpc) is 4.01. The average molecular weight is 1030 g/mol. The van der Waals surface area contributed by atoms with Crippen molar-refractivity contribution < 1.29 is 43.1 Å². The number of imide groups is 1. The summed E-state index contributed by atoms with van der Waals surface area (Å²) in [6.07, 6.45) is 13.5. The second kappa shape index (κ2) is 27.3. The van der Waals surface area contributed by atoms with Crippen LogP contribution in [-0.2, 0) is 54.6 Å². The third kappa shape index (κ3) is 16.3. The molecule has 6 rings (SSSR count). The van der Waals surface area contributed by atoms with Gasteiger partial charge in [0.2, 0.25) is 17.7 Å². The summed E-state index contributed by atoms with van der Waals surface area (Å²) < 4.78 is 7.35. The van der Waals surface area contributed by atoms with Crippen LogP contribution in [0.2, 0.25) is 0 Å². The predicted octanol–water partition coefficient (Wildman–Crippen LogP) is 4.26. The van der Waals surface area contributed by atoms with E-state index in [0.29, 0.717) is 61.0 Å². The Kier molecular flexibility index (Phi) is 20.2. The summed E-state index contributed by atoms with van der Waals surface area (Å²) in [5.74, 6) is -1.95. The summed E-state index contributed by atoms with van der Waals surface area (Å²) in [4.78, 5) is 120. The van der Waals surface area contributed by atoms with Crippen molar-refractivity contribution >= 4 is 58.9 Å². The highest BCUT2D eigenvalue weighted by Crippen LogP contribution is 2.23. The molecule has 9 N–H and O–H groups in total. The molecule has 394 valence electrons. The van der Waals surface area contributed by atoms with Crippen molar-refractivity contribution in [2.45, 2.75) is 97.2 Å². The van der Waals surface area contributed by atoms with E-state index in [9.17, 15) is 38.4 Å². The molecular formula is C53H63N13O9. The quantitative estimate of drug-likeness (QED) is 0.0220. The number of ketones is 1. The number of ether oxygens (including phenoxy) is 1. The van der Waals surface area contributed by atoms with Crippen molar-refractivity contribution in [2.24, 2.45) is 11.7 Å². The number of benzene rings is 2. The van der Waals surface area contributed by atoms with Gasteiger partial charge in [-0.1, -0.05) is 63.6 Å². The molecule has 0 radical (unpaired) electrons. The lowest BCUT2D eigenvalue weighted by molar-refractivity contribution is -0.137. The minimum Gasteiger partial charge on any atom is -0.445 e. The predicted molar refractivity (Wildman–Crippen MR) is 277 cm³/mol. The molecule has 0 saturated carbocycles. The monoisotopic (exact) mass is 1030 g/mol. The van der Waals surface area contributed by atoms with Gasteiger partial charge in [0.05, 0.1) is 17.6 Å². The number of alkyl carbamates (subject to hydrolysis) is 1.